The van der Waals surface area contributed by atoms with E-state index in [2.05, 4.69) is 34.4 Å². The standard InChI is InChI=1S/C20H23N3S/c1-23-12-4-5-15(23)13-16-19-17(6-3-7-18(19)24-2)22-20(16)14-8-10-21-11-9-14/h3,6-11,15,22H,4-5,12-13H2,1-2H3/t15-/m1/s1/i1D3. The maximum atomic E-state index is 7.89. The zero-order chi connectivity index (χ0) is 19.0. The van der Waals surface area contributed by atoms with Gasteiger partial charge in [0.15, 0.2) is 0 Å². The van der Waals surface area contributed by atoms with Gasteiger partial charge in [0.1, 0.15) is 0 Å². The average Bonchev–Trinajstić information content (AvgIpc) is 3.27. The second-order valence-electron chi connectivity index (χ2n) is 6.29. The first-order valence-corrected chi connectivity index (χ1v) is 9.56. The molecule has 4 rings (SSSR count). The van der Waals surface area contributed by atoms with E-state index in [1.165, 1.54) is 15.8 Å². The van der Waals surface area contributed by atoms with Crippen LogP contribution in [-0.4, -0.2) is 40.7 Å². The largest absolute Gasteiger partial charge is 0.354 e. The maximum absolute atomic E-state index is 7.89. The Bertz CT molecular complexity index is 937. The number of nitrogens with one attached hydrogen (secondary N) is 1. The highest BCUT2D eigenvalue weighted by Gasteiger charge is 2.25. The third kappa shape index (κ3) is 2.74. The normalized spacial score (nSPS) is 20.9. The van der Waals surface area contributed by atoms with E-state index in [9.17, 15) is 0 Å². The predicted octanol–water partition coefficient (Wildman–Crippen LogP) is 4.59. The van der Waals surface area contributed by atoms with Crippen LogP contribution in [0.4, 0.5) is 0 Å². The summed E-state index contributed by atoms with van der Waals surface area (Å²) in [7, 11) is 0. The van der Waals surface area contributed by atoms with Gasteiger partial charge in [-0.3, -0.25) is 4.98 Å². The fourth-order valence-corrected chi connectivity index (χ4v) is 4.36. The molecule has 0 spiro atoms. The van der Waals surface area contributed by atoms with Crippen LogP contribution in [0.3, 0.4) is 0 Å². The van der Waals surface area contributed by atoms with Crippen LogP contribution in [0.5, 0.6) is 0 Å². The Morgan fingerprint density at radius 1 is 1.33 bits per heavy atom. The third-order valence-corrected chi connectivity index (χ3v) is 5.68. The molecule has 0 unspecified atom stereocenters. The quantitative estimate of drug-likeness (QED) is 0.705. The first kappa shape index (κ1) is 12.6. The summed E-state index contributed by atoms with van der Waals surface area (Å²) in [5.41, 5.74) is 4.47. The SMILES string of the molecule is [2H]C([2H])([2H])N1CCC[C@@H]1Cc1c(-c2ccncc2)[nH]c2cccc(SC)c12. The molecule has 1 aliphatic rings. The molecule has 24 heavy (non-hydrogen) atoms. The predicted molar refractivity (Wildman–Crippen MR) is 103 cm³/mol. The second kappa shape index (κ2) is 6.61. The molecule has 0 bridgehead atoms. The third-order valence-electron chi connectivity index (χ3n) is 4.90. The Labute approximate surface area is 151 Å². The fourth-order valence-electron chi connectivity index (χ4n) is 3.70. The second-order valence-corrected chi connectivity index (χ2v) is 7.14. The summed E-state index contributed by atoms with van der Waals surface area (Å²) >= 11 is 1.73. The number of thioether (sulfide) groups is 1. The fraction of sp³-hybridized carbons (Fsp3) is 0.350. The van der Waals surface area contributed by atoms with Gasteiger partial charge in [-0.1, -0.05) is 6.07 Å². The lowest BCUT2D eigenvalue weighted by Crippen LogP contribution is -2.26. The molecular formula is C20H23N3S. The van der Waals surface area contributed by atoms with Crippen LogP contribution >= 0.6 is 11.8 Å². The zero-order valence-electron chi connectivity index (χ0n) is 16.7. The van der Waals surface area contributed by atoms with Gasteiger partial charge in [0.25, 0.3) is 0 Å². The molecule has 1 aliphatic heterocycles. The molecule has 0 aliphatic carbocycles. The number of aromatic nitrogens is 2. The van der Waals surface area contributed by atoms with Crippen LogP contribution in [0, 0.1) is 0 Å². The van der Waals surface area contributed by atoms with Crippen LogP contribution in [-0.2, 0) is 6.42 Å². The number of likely N-dealkylation sites (tertiary alicyclic amines) is 1. The van der Waals surface area contributed by atoms with Crippen molar-refractivity contribution in [2.45, 2.75) is 30.2 Å². The van der Waals surface area contributed by atoms with Crippen LogP contribution in [0.15, 0.2) is 47.6 Å². The smallest absolute Gasteiger partial charge is 0.0499 e. The van der Waals surface area contributed by atoms with Crippen LogP contribution in [0.2, 0.25) is 0 Å². The van der Waals surface area contributed by atoms with Crippen molar-refractivity contribution in [1.82, 2.24) is 14.9 Å². The minimum absolute atomic E-state index is 0.0343. The van der Waals surface area contributed by atoms with Gasteiger partial charge >= 0.3 is 0 Å². The highest BCUT2D eigenvalue weighted by molar-refractivity contribution is 7.98. The van der Waals surface area contributed by atoms with Gasteiger partial charge in [0.2, 0.25) is 0 Å². The summed E-state index contributed by atoms with van der Waals surface area (Å²) in [6.45, 7) is -1.39. The number of nitrogens with zero attached hydrogens (tertiary/aromatic N) is 2. The summed E-state index contributed by atoms with van der Waals surface area (Å²) in [5, 5.41) is 1.22. The summed E-state index contributed by atoms with van der Waals surface area (Å²) in [6.07, 6.45) is 8.26. The molecule has 3 nitrogen and oxygen atoms in total. The first-order valence-electron chi connectivity index (χ1n) is 9.83. The molecule has 1 aromatic carbocycles. The molecule has 1 N–H and O–H groups in total. The maximum Gasteiger partial charge on any atom is 0.0499 e. The van der Waals surface area contributed by atoms with Crippen molar-refractivity contribution in [2.75, 3.05) is 19.8 Å². The molecule has 3 aromatic rings. The van der Waals surface area contributed by atoms with E-state index >= 15 is 0 Å². The van der Waals surface area contributed by atoms with E-state index < -0.39 is 6.98 Å². The number of benzene rings is 1. The van der Waals surface area contributed by atoms with Crippen molar-refractivity contribution in [2.24, 2.45) is 0 Å². The van der Waals surface area contributed by atoms with Gasteiger partial charge in [-0.05, 0) is 68.9 Å². The van der Waals surface area contributed by atoms with Gasteiger partial charge < -0.3 is 9.88 Å². The van der Waals surface area contributed by atoms with Gasteiger partial charge in [-0.25, -0.2) is 0 Å². The number of likely N-dealkylation sites (N-methyl/N-ethyl adjacent to an activating group) is 1. The molecule has 1 saturated heterocycles. The van der Waals surface area contributed by atoms with Gasteiger partial charge in [-0.15, -0.1) is 11.8 Å². The minimum atomic E-state index is -2.04. The number of fused-ring (bicyclic) bond motifs is 1. The van der Waals surface area contributed by atoms with E-state index in [4.69, 9.17) is 4.11 Å². The van der Waals surface area contributed by atoms with E-state index in [0.717, 1.165) is 36.0 Å². The molecule has 0 saturated carbocycles. The lowest BCUT2D eigenvalue weighted by Gasteiger charge is -2.20. The Kier molecular flexibility index (Phi) is 3.46. The van der Waals surface area contributed by atoms with Crippen molar-refractivity contribution in [1.29, 1.82) is 0 Å². The van der Waals surface area contributed by atoms with E-state index in [1.807, 2.05) is 12.1 Å². The molecule has 3 heterocycles. The van der Waals surface area contributed by atoms with Gasteiger partial charge in [0, 0.05) is 49.6 Å². The first-order chi connectivity index (χ1) is 13.0. The molecular weight excluding hydrogens is 314 g/mol. The average molecular weight is 341 g/mol. The number of H-pyrrole nitrogens is 1. The van der Waals surface area contributed by atoms with E-state index in [-0.39, 0.29) is 6.04 Å². The van der Waals surface area contributed by atoms with Crippen LogP contribution in [0.1, 0.15) is 22.5 Å². The number of rotatable bonds is 4. The molecule has 0 amide bonds. The molecule has 1 atom stereocenters. The number of aromatic amines is 1. The van der Waals surface area contributed by atoms with Crippen molar-refractivity contribution >= 4 is 22.7 Å². The lowest BCUT2D eigenvalue weighted by molar-refractivity contribution is 0.310. The zero-order valence-corrected chi connectivity index (χ0v) is 14.6. The Morgan fingerprint density at radius 2 is 2.21 bits per heavy atom. The van der Waals surface area contributed by atoms with Gasteiger partial charge in [0.05, 0.1) is 0 Å². The van der Waals surface area contributed by atoms with Crippen molar-refractivity contribution in [3.63, 3.8) is 0 Å². The van der Waals surface area contributed by atoms with Gasteiger partial charge in [-0.2, -0.15) is 0 Å². The molecule has 0 radical (unpaired) electrons. The summed E-state index contributed by atoms with van der Waals surface area (Å²) < 4.78 is 23.7. The van der Waals surface area contributed by atoms with Crippen molar-refractivity contribution in [3.8, 4) is 11.3 Å². The van der Waals surface area contributed by atoms with Crippen molar-refractivity contribution < 1.29 is 4.11 Å². The molecule has 2 aromatic heterocycles. The minimum Gasteiger partial charge on any atom is -0.354 e. The lowest BCUT2D eigenvalue weighted by atomic mass is 9.98. The van der Waals surface area contributed by atoms with Crippen molar-refractivity contribution in [3.05, 3.63) is 48.3 Å². The highest BCUT2D eigenvalue weighted by atomic mass is 32.2. The van der Waals surface area contributed by atoms with E-state index in [0.29, 0.717) is 6.54 Å². The number of pyridine rings is 1. The highest BCUT2D eigenvalue weighted by Crippen LogP contribution is 2.37. The summed E-state index contributed by atoms with van der Waals surface area (Å²) in [4.78, 5) is 10.6. The van der Waals surface area contributed by atoms with Crippen LogP contribution in [0.25, 0.3) is 22.2 Å². The molecule has 4 heteroatoms. The molecule has 124 valence electrons. The monoisotopic (exact) mass is 340 g/mol. The summed E-state index contributed by atoms with van der Waals surface area (Å²) in [6, 6.07) is 10.3. The van der Waals surface area contributed by atoms with Crippen LogP contribution < -0.4 is 0 Å². The number of hydrogen-bond donors (Lipinski definition) is 1. The number of hydrogen-bond acceptors (Lipinski definition) is 3. The summed E-state index contributed by atoms with van der Waals surface area (Å²) in [5.74, 6) is 0. The Hall–Kier alpha value is -1.78. The van der Waals surface area contributed by atoms with E-state index in [1.54, 1.807) is 29.1 Å². The topological polar surface area (TPSA) is 31.9 Å². The Balaban J connectivity index is 1.85. The molecule has 1 fully saturated rings. The Morgan fingerprint density at radius 3 is 3.00 bits per heavy atom.